The van der Waals surface area contributed by atoms with Gasteiger partial charge < -0.3 is 0 Å². The van der Waals surface area contributed by atoms with E-state index >= 15 is 0 Å². The van der Waals surface area contributed by atoms with Gasteiger partial charge in [-0.15, -0.1) is 13.2 Å². The molecule has 0 aliphatic heterocycles. The highest BCUT2D eigenvalue weighted by atomic mass is 14.3. The molecule has 0 nitrogen and oxygen atoms in total. The number of aryl methyl sites for hydroxylation is 4. The third-order valence-electron chi connectivity index (χ3n) is 16.0. The minimum Gasteiger partial charge on any atom is -0.103 e. The molecule has 0 bridgehead atoms. The van der Waals surface area contributed by atoms with Gasteiger partial charge in [-0.25, -0.2) is 0 Å². The second kappa shape index (κ2) is 29.6. The average molecular weight is 885 g/mol. The van der Waals surface area contributed by atoms with Gasteiger partial charge in [0.05, 0.1) is 0 Å². The molecule has 8 rings (SSSR count). The molecule has 0 amide bonds. The van der Waals surface area contributed by atoms with Gasteiger partial charge in [0.1, 0.15) is 0 Å². The first-order valence-corrected chi connectivity index (χ1v) is 26.9. The average Bonchev–Trinajstić information content (AvgIpc) is 3.36. The molecule has 4 aliphatic rings. The van der Waals surface area contributed by atoms with Crippen LogP contribution in [0, 0.1) is 51.4 Å². The van der Waals surface area contributed by atoms with Crippen molar-refractivity contribution in [2.24, 2.45) is 23.7 Å². The molecule has 0 spiro atoms. The Hall–Kier alpha value is -4.16. The second-order valence-corrected chi connectivity index (χ2v) is 21.1. The summed E-state index contributed by atoms with van der Waals surface area (Å²) >= 11 is 0. The first-order valence-electron chi connectivity index (χ1n) is 26.9. The Balaban J connectivity index is 0.000000165. The fraction of sp³-hybridized carbons (Fsp3) is 0.515. The van der Waals surface area contributed by atoms with E-state index in [4.69, 9.17) is 0 Å². The first kappa shape index (κ1) is 52.8. The quantitative estimate of drug-likeness (QED) is 0.124. The largest absolute Gasteiger partial charge is 0.103 e. The van der Waals surface area contributed by atoms with Gasteiger partial charge in [-0.1, -0.05) is 156 Å². The Morgan fingerprint density at radius 2 is 0.682 bits per heavy atom. The fourth-order valence-corrected chi connectivity index (χ4v) is 11.4. The summed E-state index contributed by atoms with van der Waals surface area (Å²) in [4.78, 5) is 0. The molecule has 4 aromatic carbocycles. The van der Waals surface area contributed by atoms with Crippen molar-refractivity contribution >= 4 is 0 Å². The summed E-state index contributed by atoms with van der Waals surface area (Å²) in [5.74, 6) is 6.78. The SMILES string of the molecule is C/C=C/C1CCC(c2ccc(C)cc2)CC1.C/C=C/CCC1CCC(c2ccc(C)cc2)CC1.C=CC1CCC(c2ccc(C)cc2)CC1.C=CCCC1CCC(c2ccc(C)cc2)CC1. The Morgan fingerprint density at radius 1 is 0.379 bits per heavy atom. The summed E-state index contributed by atoms with van der Waals surface area (Å²) in [6, 6.07) is 36.5. The third kappa shape index (κ3) is 18.5. The van der Waals surface area contributed by atoms with Crippen LogP contribution in [0.4, 0.5) is 0 Å². The van der Waals surface area contributed by atoms with Crippen molar-refractivity contribution in [1.29, 1.82) is 0 Å². The molecule has 4 aromatic rings. The predicted octanol–water partition coefficient (Wildman–Crippen LogP) is 20.2. The van der Waals surface area contributed by atoms with E-state index in [0.717, 1.165) is 47.3 Å². The van der Waals surface area contributed by atoms with E-state index < -0.39 is 0 Å². The molecule has 0 aromatic heterocycles. The van der Waals surface area contributed by atoms with Gasteiger partial charge in [-0.05, 0) is 240 Å². The van der Waals surface area contributed by atoms with Crippen molar-refractivity contribution < 1.29 is 0 Å². The van der Waals surface area contributed by atoms with Crippen LogP contribution in [0.25, 0.3) is 0 Å². The monoisotopic (exact) mass is 885 g/mol. The molecule has 66 heavy (non-hydrogen) atoms. The lowest BCUT2D eigenvalue weighted by Crippen LogP contribution is -2.13. The minimum atomic E-state index is 0.770. The van der Waals surface area contributed by atoms with Crippen LogP contribution in [0.2, 0.25) is 0 Å². The Kier molecular flexibility index (Phi) is 23.7. The van der Waals surface area contributed by atoms with Crippen molar-refractivity contribution in [3.63, 3.8) is 0 Å². The standard InChI is InChI=1S/C18H26.C17H24.C16H22.C15H20/c1-3-4-5-6-16-9-13-18(14-10-16)17-11-7-15(2)8-12-17;1-3-4-5-15-8-12-17(13-9-15)16-10-6-14(2)7-11-16;1-3-4-14-7-11-16(12-8-14)15-9-5-13(2)6-10-15;1-3-13-6-10-15(11-7-13)14-8-4-12(2)5-9-14/h3-4,7-8,11-12,16,18H,5-6,9-10,13-14H2,1-2H3;3,6-7,10-11,15,17H,1,4-5,8-9,12-13H2,2H3;3-6,9-10,14,16H,7-8,11-12H2,1-2H3;3-5,8-9,13,15H,1,6-7,10-11H2,2H3/b4-3+;;4-3+;. The van der Waals surface area contributed by atoms with E-state index in [-0.39, 0.29) is 0 Å². The second-order valence-electron chi connectivity index (χ2n) is 21.1. The topological polar surface area (TPSA) is 0 Å². The lowest BCUT2D eigenvalue weighted by Gasteiger charge is -2.28. The van der Waals surface area contributed by atoms with Crippen molar-refractivity contribution in [3.05, 3.63) is 191 Å². The van der Waals surface area contributed by atoms with Gasteiger partial charge in [-0.2, -0.15) is 0 Å². The van der Waals surface area contributed by atoms with E-state index in [0.29, 0.717) is 0 Å². The third-order valence-corrected chi connectivity index (χ3v) is 16.0. The van der Waals surface area contributed by atoms with Crippen molar-refractivity contribution in [2.45, 2.75) is 194 Å². The Bertz CT molecular complexity index is 1940. The van der Waals surface area contributed by atoms with Crippen LogP contribution in [0.15, 0.2) is 147 Å². The van der Waals surface area contributed by atoms with Gasteiger partial charge in [0.15, 0.2) is 0 Å². The van der Waals surface area contributed by atoms with E-state index in [1.807, 2.05) is 0 Å². The van der Waals surface area contributed by atoms with Gasteiger partial charge in [-0.3, -0.25) is 0 Å². The number of hydrogen-bond donors (Lipinski definition) is 0. The molecular formula is C66H92. The van der Waals surface area contributed by atoms with Gasteiger partial charge in [0.2, 0.25) is 0 Å². The molecule has 4 saturated carbocycles. The molecule has 0 radical (unpaired) electrons. The normalized spacial score (nSPS) is 25.3. The van der Waals surface area contributed by atoms with Gasteiger partial charge in [0, 0.05) is 0 Å². The molecule has 4 aliphatic carbocycles. The molecule has 0 heterocycles. The highest BCUT2D eigenvalue weighted by Gasteiger charge is 2.24. The summed E-state index contributed by atoms with van der Waals surface area (Å²) in [6.45, 7) is 20.6. The predicted molar refractivity (Wildman–Crippen MR) is 292 cm³/mol. The van der Waals surface area contributed by atoms with Crippen LogP contribution in [-0.4, -0.2) is 0 Å². The smallest absolute Gasteiger partial charge is 0.0162 e. The summed E-state index contributed by atoms with van der Waals surface area (Å²) in [5, 5.41) is 0. The summed E-state index contributed by atoms with van der Waals surface area (Å²) in [7, 11) is 0. The zero-order chi connectivity index (χ0) is 46.9. The van der Waals surface area contributed by atoms with E-state index in [2.05, 4.69) is 188 Å². The number of allylic oxidation sites excluding steroid dienone is 6. The number of benzene rings is 4. The van der Waals surface area contributed by atoms with E-state index in [9.17, 15) is 0 Å². The molecule has 0 saturated heterocycles. The molecule has 356 valence electrons. The maximum atomic E-state index is 3.89. The summed E-state index contributed by atoms with van der Waals surface area (Å²) < 4.78 is 0. The molecule has 0 atom stereocenters. The maximum absolute atomic E-state index is 3.89. The molecule has 0 heteroatoms. The van der Waals surface area contributed by atoms with Crippen molar-refractivity contribution in [2.75, 3.05) is 0 Å². The van der Waals surface area contributed by atoms with Crippen LogP contribution < -0.4 is 0 Å². The number of hydrogen-bond acceptors (Lipinski definition) is 0. The summed E-state index contributed by atoms with van der Waals surface area (Å²) in [5.41, 5.74) is 11.7. The van der Waals surface area contributed by atoms with Gasteiger partial charge >= 0.3 is 0 Å². The van der Waals surface area contributed by atoms with Crippen LogP contribution in [-0.2, 0) is 0 Å². The first-order chi connectivity index (χ1) is 32.2. The Labute approximate surface area is 406 Å². The van der Waals surface area contributed by atoms with Crippen molar-refractivity contribution in [1.82, 2.24) is 0 Å². The minimum absolute atomic E-state index is 0.770. The lowest BCUT2D eigenvalue weighted by atomic mass is 9.77. The fourth-order valence-electron chi connectivity index (χ4n) is 11.4. The summed E-state index contributed by atoms with van der Waals surface area (Å²) in [6.07, 6.45) is 40.5. The highest BCUT2D eigenvalue weighted by Crippen LogP contribution is 2.40. The zero-order valence-electron chi connectivity index (χ0n) is 42.9. The highest BCUT2D eigenvalue weighted by molar-refractivity contribution is 5.28. The lowest BCUT2D eigenvalue weighted by molar-refractivity contribution is 0.312. The van der Waals surface area contributed by atoms with Gasteiger partial charge in [0.25, 0.3) is 0 Å². The van der Waals surface area contributed by atoms with Crippen LogP contribution >= 0.6 is 0 Å². The molecule has 0 unspecified atom stereocenters. The number of rotatable bonds is 12. The van der Waals surface area contributed by atoms with E-state index in [1.54, 1.807) is 16.7 Å². The van der Waals surface area contributed by atoms with E-state index in [1.165, 1.54) is 156 Å². The maximum Gasteiger partial charge on any atom is -0.0162 e. The van der Waals surface area contributed by atoms with Crippen LogP contribution in [0.5, 0.6) is 0 Å². The zero-order valence-corrected chi connectivity index (χ0v) is 42.9. The molecular weight excluding hydrogens is 793 g/mol. The van der Waals surface area contributed by atoms with Crippen LogP contribution in [0.1, 0.15) is 210 Å². The molecule has 4 fully saturated rings. The Morgan fingerprint density at radius 3 is 0.970 bits per heavy atom. The van der Waals surface area contributed by atoms with Crippen molar-refractivity contribution in [3.8, 4) is 0 Å². The molecule has 0 N–H and O–H groups in total. The van der Waals surface area contributed by atoms with Crippen LogP contribution in [0.3, 0.4) is 0 Å².